The number of hydrogen-bond donors (Lipinski definition) is 0. The summed E-state index contributed by atoms with van der Waals surface area (Å²) >= 11 is 0. The number of pyridine rings is 1. The molecule has 2 heterocycles. The Balaban J connectivity index is 2.16. The molecule has 1 aromatic heterocycles. The molecule has 0 N–H and O–H groups in total. The van der Waals surface area contributed by atoms with Crippen molar-refractivity contribution in [3.8, 4) is 0 Å². The number of hydrogen-bond acceptors (Lipinski definition) is 2. The maximum atomic E-state index is 12.6. The molecule has 2 rings (SSSR count). The standard InChI is InChI=1S/C13H15F3N2O2/c14-13(15,16)10-4-5-11(19)18(8-10)9-12(20)17-6-2-1-3-7-17/h4-5,8H,1-3,6-7,9H2. The second kappa shape index (κ2) is 5.68. The second-order valence-corrected chi connectivity index (χ2v) is 4.82. The van der Waals surface area contributed by atoms with Gasteiger partial charge in [0.2, 0.25) is 5.91 Å². The highest BCUT2D eigenvalue weighted by molar-refractivity contribution is 5.76. The topological polar surface area (TPSA) is 42.3 Å². The summed E-state index contributed by atoms with van der Waals surface area (Å²) < 4.78 is 38.6. The molecule has 7 heteroatoms. The van der Waals surface area contributed by atoms with Crippen LogP contribution >= 0.6 is 0 Å². The van der Waals surface area contributed by atoms with Gasteiger partial charge < -0.3 is 9.47 Å². The van der Waals surface area contributed by atoms with Crippen LogP contribution in [0.2, 0.25) is 0 Å². The molecular formula is C13H15F3N2O2. The van der Waals surface area contributed by atoms with Crippen LogP contribution in [0.25, 0.3) is 0 Å². The van der Waals surface area contributed by atoms with Gasteiger partial charge in [0.1, 0.15) is 6.54 Å². The lowest BCUT2D eigenvalue weighted by molar-refractivity contribution is -0.139. The van der Waals surface area contributed by atoms with Gasteiger partial charge in [-0.15, -0.1) is 0 Å². The molecule has 1 saturated heterocycles. The van der Waals surface area contributed by atoms with E-state index in [1.54, 1.807) is 4.90 Å². The van der Waals surface area contributed by atoms with Crippen molar-refractivity contribution in [3.05, 3.63) is 34.2 Å². The summed E-state index contributed by atoms with van der Waals surface area (Å²) in [6.07, 6.45) is -0.993. The largest absolute Gasteiger partial charge is 0.417 e. The van der Waals surface area contributed by atoms with Crippen molar-refractivity contribution in [2.24, 2.45) is 0 Å². The van der Waals surface area contributed by atoms with Gasteiger partial charge in [-0.05, 0) is 25.3 Å². The minimum absolute atomic E-state index is 0.314. The van der Waals surface area contributed by atoms with Gasteiger partial charge in [-0.1, -0.05) is 0 Å². The number of alkyl halides is 3. The van der Waals surface area contributed by atoms with Crippen LogP contribution in [0.15, 0.2) is 23.1 Å². The minimum atomic E-state index is -4.52. The molecule has 1 aromatic rings. The molecule has 0 aliphatic carbocycles. The molecular weight excluding hydrogens is 273 g/mol. The van der Waals surface area contributed by atoms with Crippen LogP contribution in [-0.2, 0) is 17.5 Å². The molecule has 1 fully saturated rings. The molecule has 0 radical (unpaired) electrons. The van der Waals surface area contributed by atoms with Crippen LogP contribution in [0, 0.1) is 0 Å². The molecule has 1 aliphatic rings. The van der Waals surface area contributed by atoms with E-state index in [-0.39, 0.29) is 12.5 Å². The van der Waals surface area contributed by atoms with Gasteiger partial charge in [-0.3, -0.25) is 9.59 Å². The first-order valence-corrected chi connectivity index (χ1v) is 6.43. The Bertz CT molecular complexity index is 545. The SMILES string of the molecule is O=C(Cn1cc(C(F)(F)F)ccc1=O)N1CCCCC1. The van der Waals surface area contributed by atoms with Crippen LogP contribution < -0.4 is 5.56 Å². The first kappa shape index (κ1) is 14.6. The second-order valence-electron chi connectivity index (χ2n) is 4.82. The van der Waals surface area contributed by atoms with E-state index in [4.69, 9.17) is 0 Å². The molecule has 1 amide bonds. The van der Waals surface area contributed by atoms with Gasteiger partial charge >= 0.3 is 6.18 Å². The van der Waals surface area contributed by atoms with E-state index >= 15 is 0 Å². The molecule has 0 atom stereocenters. The van der Waals surface area contributed by atoms with Crippen molar-refractivity contribution in [2.75, 3.05) is 13.1 Å². The molecule has 0 bridgehead atoms. The minimum Gasteiger partial charge on any atom is -0.341 e. The number of halogens is 3. The highest BCUT2D eigenvalue weighted by Crippen LogP contribution is 2.28. The fourth-order valence-corrected chi connectivity index (χ4v) is 2.21. The van der Waals surface area contributed by atoms with Gasteiger partial charge in [-0.25, -0.2) is 0 Å². The van der Waals surface area contributed by atoms with E-state index in [1.165, 1.54) is 0 Å². The molecule has 0 spiro atoms. The van der Waals surface area contributed by atoms with Gasteiger partial charge in [0, 0.05) is 25.4 Å². The fraction of sp³-hybridized carbons (Fsp3) is 0.538. The zero-order valence-electron chi connectivity index (χ0n) is 10.8. The van der Waals surface area contributed by atoms with Crippen molar-refractivity contribution in [3.63, 3.8) is 0 Å². The predicted octanol–water partition coefficient (Wildman–Crippen LogP) is 1.88. The number of aromatic nitrogens is 1. The number of rotatable bonds is 2. The highest BCUT2D eigenvalue weighted by Gasteiger charge is 2.31. The number of carbonyl (C=O) groups excluding carboxylic acids is 1. The monoisotopic (exact) mass is 288 g/mol. The van der Waals surface area contributed by atoms with E-state index in [9.17, 15) is 22.8 Å². The summed E-state index contributed by atoms with van der Waals surface area (Å²) in [4.78, 5) is 25.1. The zero-order valence-corrected chi connectivity index (χ0v) is 10.8. The Kier molecular flexibility index (Phi) is 4.15. The van der Waals surface area contributed by atoms with E-state index < -0.39 is 17.3 Å². The molecule has 20 heavy (non-hydrogen) atoms. The fourth-order valence-electron chi connectivity index (χ4n) is 2.21. The van der Waals surface area contributed by atoms with Crippen molar-refractivity contribution in [2.45, 2.75) is 32.0 Å². The van der Waals surface area contributed by atoms with Gasteiger partial charge in [0.05, 0.1) is 5.56 Å². The molecule has 0 aromatic carbocycles. The third-order valence-electron chi connectivity index (χ3n) is 3.33. The molecule has 0 unspecified atom stereocenters. The van der Waals surface area contributed by atoms with Crippen LogP contribution in [0.3, 0.4) is 0 Å². The Morgan fingerprint density at radius 3 is 2.40 bits per heavy atom. The first-order valence-electron chi connectivity index (χ1n) is 6.43. The van der Waals surface area contributed by atoms with Crippen molar-refractivity contribution in [1.29, 1.82) is 0 Å². The average Bonchev–Trinajstić information content (AvgIpc) is 2.41. The quantitative estimate of drug-likeness (QED) is 0.834. The highest BCUT2D eigenvalue weighted by atomic mass is 19.4. The Hall–Kier alpha value is -1.79. The summed E-state index contributed by atoms with van der Waals surface area (Å²) in [5.74, 6) is -0.314. The van der Waals surface area contributed by atoms with Gasteiger partial charge in [0.15, 0.2) is 0 Å². The van der Waals surface area contributed by atoms with Gasteiger partial charge in [-0.2, -0.15) is 13.2 Å². The lowest BCUT2D eigenvalue weighted by Gasteiger charge is -2.27. The summed E-state index contributed by atoms with van der Waals surface area (Å²) in [7, 11) is 0. The normalized spacial score (nSPS) is 16.2. The molecule has 1 aliphatic heterocycles. The lowest BCUT2D eigenvalue weighted by Crippen LogP contribution is -2.39. The number of nitrogens with zero attached hydrogens (tertiary/aromatic N) is 2. The van der Waals surface area contributed by atoms with Crippen molar-refractivity contribution >= 4 is 5.91 Å². The van der Waals surface area contributed by atoms with E-state index in [1.807, 2.05) is 0 Å². The van der Waals surface area contributed by atoms with Crippen LogP contribution in [0.4, 0.5) is 13.2 Å². The molecule has 0 saturated carbocycles. The number of amides is 1. The van der Waals surface area contributed by atoms with E-state index in [0.29, 0.717) is 19.3 Å². The smallest absolute Gasteiger partial charge is 0.341 e. The van der Waals surface area contributed by atoms with Crippen molar-refractivity contribution < 1.29 is 18.0 Å². The zero-order chi connectivity index (χ0) is 14.8. The molecule has 4 nitrogen and oxygen atoms in total. The third kappa shape index (κ3) is 3.40. The molecule has 110 valence electrons. The number of likely N-dealkylation sites (tertiary alicyclic amines) is 1. The summed E-state index contributed by atoms with van der Waals surface area (Å²) in [5, 5.41) is 0. The van der Waals surface area contributed by atoms with Crippen LogP contribution in [-0.4, -0.2) is 28.5 Å². The van der Waals surface area contributed by atoms with Crippen LogP contribution in [0.5, 0.6) is 0 Å². The van der Waals surface area contributed by atoms with E-state index in [0.717, 1.165) is 36.0 Å². The Morgan fingerprint density at radius 1 is 1.15 bits per heavy atom. The number of carbonyl (C=O) groups is 1. The summed E-state index contributed by atoms with van der Waals surface area (Å²) in [5.41, 5.74) is -1.54. The predicted molar refractivity (Wildman–Crippen MR) is 66.1 cm³/mol. The van der Waals surface area contributed by atoms with Crippen LogP contribution in [0.1, 0.15) is 24.8 Å². The third-order valence-corrected chi connectivity index (χ3v) is 3.33. The van der Waals surface area contributed by atoms with Gasteiger partial charge in [0.25, 0.3) is 5.56 Å². The van der Waals surface area contributed by atoms with E-state index in [2.05, 4.69) is 0 Å². The number of piperidine rings is 1. The Labute approximate surface area is 113 Å². The maximum Gasteiger partial charge on any atom is 0.417 e. The summed E-state index contributed by atoms with van der Waals surface area (Å²) in [6, 6.07) is 1.57. The average molecular weight is 288 g/mol. The first-order chi connectivity index (χ1) is 9.38. The van der Waals surface area contributed by atoms with Crippen molar-refractivity contribution in [1.82, 2.24) is 9.47 Å². The Morgan fingerprint density at radius 2 is 1.80 bits per heavy atom. The lowest BCUT2D eigenvalue weighted by atomic mass is 10.1. The summed E-state index contributed by atoms with van der Waals surface area (Å²) in [6.45, 7) is 0.863. The maximum absolute atomic E-state index is 12.6.